The van der Waals surface area contributed by atoms with Crippen LogP contribution in [0.5, 0.6) is 5.75 Å². The van der Waals surface area contributed by atoms with E-state index in [4.69, 9.17) is 17.0 Å². The molecule has 0 amide bonds. The molecule has 1 heterocycles. The molecule has 0 aliphatic carbocycles. The Bertz CT molecular complexity index is 587. The highest BCUT2D eigenvalue weighted by Crippen LogP contribution is 2.41. The van der Waals surface area contributed by atoms with Crippen molar-refractivity contribution in [3.05, 3.63) is 35.0 Å². The van der Waals surface area contributed by atoms with E-state index in [9.17, 15) is 5.21 Å². The molecule has 1 fully saturated rings. The first-order valence-corrected chi connectivity index (χ1v) is 8.56. The Morgan fingerprint density at radius 2 is 2.14 bits per heavy atom. The fourth-order valence-electron chi connectivity index (χ4n) is 2.69. The summed E-state index contributed by atoms with van der Waals surface area (Å²) in [5.74, 6) is 0.691. The second-order valence-electron chi connectivity index (χ2n) is 5.77. The molecule has 2 rings (SSSR count). The zero-order valence-electron chi connectivity index (χ0n) is 13.4. The summed E-state index contributed by atoms with van der Waals surface area (Å²) < 4.78 is 6.87. The van der Waals surface area contributed by atoms with Crippen LogP contribution in [0.3, 0.4) is 0 Å². The molecule has 0 N–H and O–H groups in total. The highest BCUT2D eigenvalue weighted by molar-refractivity contribution is 8.24. The van der Waals surface area contributed by atoms with Crippen molar-refractivity contribution < 1.29 is 9.48 Å². The van der Waals surface area contributed by atoms with Crippen molar-refractivity contribution >= 4 is 34.5 Å². The lowest BCUT2D eigenvalue weighted by molar-refractivity contribution is -0.523. The smallest absolute Gasteiger partial charge is 0.254 e. The van der Waals surface area contributed by atoms with Crippen molar-refractivity contribution in [2.45, 2.75) is 38.1 Å². The van der Waals surface area contributed by atoms with Crippen LogP contribution in [0.4, 0.5) is 0 Å². The number of nitrogens with zero attached hydrogens (tertiary/aromatic N) is 2. The van der Waals surface area contributed by atoms with Gasteiger partial charge >= 0.3 is 0 Å². The van der Waals surface area contributed by atoms with Crippen molar-refractivity contribution in [1.29, 1.82) is 0 Å². The summed E-state index contributed by atoms with van der Waals surface area (Å²) in [5.41, 5.74) is 0.773. The van der Waals surface area contributed by atoms with Gasteiger partial charge in [-0.15, -0.1) is 0 Å². The van der Waals surface area contributed by atoms with Crippen molar-refractivity contribution in [2.75, 3.05) is 13.7 Å². The largest absolute Gasteiger partial charge is 0.622 e. The maximum absolute atomic E-state index is 12.8. The van der Waals surface area contributed by atoms with E-state index in [-0.39, 0.29) is 10.9 Å². The number of hydrogen-bond donors (Lipinski definition) is 0. The number of thiocarbonyl (C=S) groups is 1. The molecule has 4 nitrogen and oxygen atoms in total. The minimum absolute atomic E-state index is 0.257. The van der Waals surface area contributed by atoms with E-state index in [1.807, 2.05) is 29.2 Å². The lowest BCUT2D eigenvalue weighted by Gasteiger charge is -2.29. The van der Waals surface area contributed by atoms with Gasteiger partial charge in [0.15, 0.2) is 6.21 Å². The lowest BCUT2D eigenvalue weighted by atomic mass is 10.1. The van der Waals surface area contributed by atoms with Gasteiger partial charge in [0, 0.05) is 6.54 Å². The van der Waals surface area contributed by atoms with Gasteiger partial charge in [-0.05, 0) is 32.4 Å². The minimum atomic E-state index is -0.310. The third-order valence-corrected chi connectivity index (χ3v) is 5.24. The fourth-order valence-corrected chi connectivity index (χ4v) is 4.62. The molecule has 0 radical (unpaired) electrons. The van der Waals surface area contributed by atoms with Gasteiger partial charge in [-0.3, -0.25) is 4.90 Å². The van der Waals surface area contributed by atoms with Crippen LogP contribution < -0.4 is 4.74 Å². The molecule has 1 saturated heterocycles. The maximum atomic E-state index is 12.8. The third kappa shape index (κ3) is 3.38. The van der Waals surface area contributed by atoms with Crippen LogP contribution >= 0.6 is 24.0 Å². The van der Waals surface area contributed by atoms with Gasteiger partial charge < -0.3 is 9.94 Å². The Hall–Kier alpha value is -1.27. The molecule has 1 aromatic carbocycles. The lowest BCUT2D eigenvalue weighted by Crippen LogP contribution is -2.48. The van der Waals surface area contributed by atoms with Crippen molar-refractivity contribution in [3.63, 3.8) is 0 Å². The molecular weight excluding hydrogens is 316 g/mol. The number of thioether (sulfide) groups is 1. The van der Waals surface area contributed by atoms with Crippen LogP contribution in [-0.4, -0.2) is 44.7 Å². The Morgan fingerprint density at radius 1 is 1.45 bits per heavy atom. The van der Waals surface area contributed by atoms with Gasteiger partial charge in [0.25, 0.3) is 6.17 Å². The molecule has 120 valence electrons. The van der Waals surface area contributed by atoms with Crippen molar-refractivity contribution in [1.82, 2.24) is 4.90 Å². The van der Waals surface area contributed by atoms with Crippen LogP contribution in [0.1, 0.15) is 32.8 Å². The second kappa shape index (κ2) is 6.87. The van der Waals surface area contributed by atoms with E-state index in [1.165, 1.54) is 0 Å². The third-order valence-electron chi connectivity index (χ3n) is 3.61. The highest BCUT2D eigenvalue weighted by Gasteiger charge is 2.50. The summed E-state index contributed by atoms with van der Waals surface area (Å²) in [4.78, 5) is 2.03. The summed E-state index contributed by atoms with van der Waals surface area (Å²) in [6.45, 7) is 7.00. The molecule has 0 saturated carbocycles. The zero-order chi connectivity index (χ0) is 16.3. The van der Waals surface area contributed by atoms with Gasteiger partial charge in [-0.25, -0.2) is 0 Å². The molecule has 0 spiro atoms. The minimum Gasteiger partial charge on any atom is -0.622 e. The molecule has 1 atom stereocenters. The number of para-hydroxylation sites is 1. The monoisotopic (exact) mass is 338 g/mol. The van der Waals surface area contributed by atoms with Crippen LogP contribution in [0.15, 0.2) is 24.3 Å². The van der Waals surface area contributed by atoms with Crippen LogP contribution in [0.25, 0.3) is 0 Å². The van der Waals surface area contributed by atoms with Crippen LogP contribution in [0, 0.1) is 5.21 Å². The van der Waals surface area contributed by atoms with E-state index >= 15 is 0 Å². The number of hydroxylamine groups is 1. The summed E-state index contributed by atoms with van der Waals surface area (Å²) in [6.07, 6.45) is 2.24. The van der Waals surface area contributed by atoms with Gasteiger partial charge in [-0.1, -0.05) is 43.0 Å². The Balaban J connectivity index is 2.38. The number of benzene rings is 1. The van der Waals surface area contributed by atoms with Gasteiger partial charge in [0.2, 0.25) is 0 Å². The predicted octanol–water partition coefficient (Wildman–Crippen LogP) is 3.47. The average Bonchev–Trinajstić information content (AvgIpc) is 2.69. The normalized spacial score (nSPS) is 21.3. The molecule has 1 aromatic rings. The standard InChI is InChI=1S/C16H22N2O2S2/c1-5-10-17-14(16(2,3)22-15(17)21)18(19)11-12-8-6-7-9-13(12)20-4/h6-9,11,14H,5,10H2,1-4H3/b18-11-/t14-/m0/s1. The van der Waals surface area contributed by atoms with Gasteiger partial charge in [-0.2, -0.15) is 4.74 Å². The number of ether oxygens (including phenoxy) is 1. The summed E-state index contributed by atoms with van der Waals surface area (Å²) >= 11 is 7.04. The number of methoxy groups -OCH3 is 1. The molecule has 0 bridgehead atoms. The molecule has 0 unspecified atom stereocenters. The Morgan fingerprint density at radius 3 is 2.77 bits per heavy atom. The van der Waals surface area contributed by atoms with E-state index < -0.39 is 0 Å². The summed E-state index contributed by atoms with van der Waals surface area (Å²) in [5, 5.41) is 12.8. The zero-order valence-corrected chi connectivity index (χ0v) is 15.0. The fraction of sp³-hybridized carbons (Fsp3) is 0.500. The summed E-state index contributed by atoms with van der Waals surface area (Å²) in [7, 11) is 1.61. The van der Waals surface area contributed by atoms with E-state index in [2.05, 4.69) is 20.8 Å². The van der Waals surface area contributed by atoms with Crippen LogP contribution in [0.2, 0.25) is 0 Å². The van der Waals surface area contributed by atoms with E-state index in [1.54, 1.807) is 25.1 Å². The van der Waals surface area contributed by atoms with E-state index in [0.29, 0.717) is 5.75 Å². The molecule has 22 heavy (non-hydrogen) atoms. The topological polar surface area (TPSA) is 38.5 Å². The van der Waals surface area contributed by atoms with Crippen molar-refractivity contribution in [3.8, 4) is 5.75 Å². The first-order valence-electron chi connectivity index (χ1n) is 7.33. The SMILES string of the molecule is CCCN1C(=S)SC(C)(C)[C@@H]1/[N+]([O-])=C/c1ccccc1OC. The summed E-state index contributed by atoms with van der Waals surface area (Å²) in [6, 6.07) is 7.51. The quantitative estimate of drug-likeness (QED) is 0.270. The van der Waals surface area contributed by atoms with E-state index in [0.717, 1.165) is 27.6 Å². The maximum Gasteiger partial charge on any atom is 0.254 e. The highest BCUT2D eigenvalue weighted by atomic mass is 32.2. The molecular formula is C16H22N2O2S2. The molecule has 1 aliphatic rings. The van der Waals surface area contributed by atoms with Gasteiger partial charge in [0.05, 0.1) is 12.7 Å². The van der Waals surface area contributed by atoms with Gasteiger partial charge in [0.1, 0.15) is 14.8 Å². The Kier molecular flexibility index (Phi) is 5.34. The van der Waals surface area contributed by atoms with Crippen molar-refractivity contribution in [2.24, 2.45) is 0 Å². The number of rotatable bonds is 5. The first-order chi connectivity index (χ1) is 10.4. The molecule has 6 heteroatoms. The molecule has 0 aromatic heterocycles. The predicted molar refractivity (Wildman–Crippen MR) is 96.8 cm³/mol. The average molecular weight is 338 g/mol. The molecule has 1 aliphatic heterocycles. The Labute approximate surface area is 141 Å². The second-order valence-corrected chi connectivity index (χ2v) is 8.06. The number of hydrogen-bond acceptors (Lipinski definition) is 4. The van der Waals surface area contributed by atoms with Crippen LogP contribution in [-0.2, 0) is 0 Å². The first kappa shape index (κ1) is 17.1.